The van der Waals surface area contributed by atoms with Gasteiger partial charge in [0.15, 0.2) is 0 Å². The number of nitrogens with one attached hydrogen (secondary N) is 2. The first kappa shape index (κ1) is 14.4. The van der Waals surface area contributed by atoms with Crippen LogP contribution in [0.15, 0.2) is 28.7 Å². The molecule has 0 aromatic heterocycles. The largest absolute Gasteiger partial charge is 0.378 e. The summed E-state index contributed by atoms with van der Waals surface area (Å²) in [4.78, 5) is 11.8. The second kappa shape index (κ2) is 6.96. The molecule has 0 spiro atoms. The number of hydrogen-bond donors (Lipinski definition) is 2. The lowest BCUT2D eigenvalue weighted by molar-refractivity contribution is -0.120. The van der Waals surface area contributed by atoms with Crippen LogP contribution in [-0.2, 0) is 9.53 Å². The van der Waals surface area contributed by atoms with Crippen molar-refractivity contribution in [3.63, 3.8) is 0 Å². The zero-order valence-electron chi connectivity index (χ0n) is 9.11. The van der Waals surface area contributed by atoms with E-state index in [1.807, 2.05) is 24.3 Å². The number of halogens is 2. The molecule has 1 aliphatic rings. The Bertz CT molecular complexity index is 366. The summed E-state index contributed by atoms with van der Waals surface area (Å²) in [5.41, 5.74) is 0.792. The highest BCUT2D eigenvalue weighted by Crippen LogP contribution is 2.14. The van der Waals surface area contributed by atoms with Crippen molar-refractivity contribution in [2.75, 3.05) is 25.1 Å². The third-order valence-corrected chi connectivity index (χ3v) is 2.88. The maximum atomic E-state index is 11.8. The minimum atomic E-state index is -0.252. The monoisotopic (exact) mass is 320 g/mol. The molecular weight excluding hydrogens is 307 g/mol. The first-order chi connectivity index (χ1) is 7.75. The van der Waals surface area contributed by atoms with E-state index in [9.17, 15) is 4.79 Å². The molecule has 0 bridgehead atoms. The van der Waals surface area contributed by atoms with Gasteiger partial charge in [-0.15, -0.1) is 12.4 Å². The summed E-state index contributed by atoms with van der Waals surface area (Å²) < 4.78 is 6.22. The summed E-state index contributed by atoms with van der Waals surface area (Å²) in [5, 5.41) is 5.94. The Morgan fingerprint density at radius 2 is 2.12 bits per heavy atom. The molecule has 17 heavy (non-hydrogen) atoms. The molecule has 1 saturated heterocycles. The van der Waals surface area contributed by atoms with Crippen LogP contribution in [0.1, 0.15) is 0 Å². The molecule has 0 radical (unpaired) electrons. The van der Waals surface area contributed by atoms with Crippen molar-refractivity contribution in [3.8, 4) is 0 Å². The van der Waals surface area contributed by atoms with Crippen LogP contribution in [0.2, 0.25) is 0 Å². The van der Waals surface area contributed by atoms with Crippen molar-refractivity contribution in [2.24, 2.45) is 0 Å². The summed E-state index contributed by atoms with van der Waals surface area (Å²) >= 11 is 3.34. The Morgan fingerprint density at radius 1 is 1.41 bits per heavy atom. The maximum Gasteiger partial charge on any atom is 0.243 e. The van der Waals surface area contributed by atoms with Crippen molar-refractivity contribution >= 4 is 39.9 Å². The first-order valence-corrected chi connectivity index (χ1v) is 5.92. The van der Waals surface area contributed by atoms with Gasteiger partial charge in [0.05, 0.1) is 13.2 Å². The fourth-order valence-electron chi connectivity index (χ4n) is 1.50. The fraction of sp³-hybridized carbons (Fsp3) is 0.364. The molecule has 1 heterocycles. The number of amides is 1. The topological polar surface area (TPSA) is 50.4 Å². The molecule has 0 saturated carbocycles. The van der Waals surface area contributed by atoms with Gasteiger partial charge in [-0.05, 0) is 24.3 Å². The number of carbonyl (C=O) groups is 1. The lowest BCUT2D eigenvalue weighted by Crippen LogP contribution is -2.48. The highest BCUT2D eigenvalue weighted by Gasteiger charge is 2.20. The van der Waals surface area contributed by atoms with Gasteiger partial charge in [0, 0.05) is 16.7 Å². The van der Waals surface area contributed by atoms with Crippen molar-refractivity contribution in [3.05, 3.63) is 28.7 Å². The SMILES string of the molecule is Cl.O=C(Nc1ccc(Br)cc1)C1COCCN1. The standard InChI is InChI=1S/C11H13BrN2O2.ClH/c12-8-1-3-9(4-2-8)14-11(15)10-7-16-6-5-13-10;/h1-4,10,13H,5-7H2,(H,14,15);1H. The zero-order valence-corrected chi connectivity index (χ0v) is 11.5. The van der Waals surface area contributed by atoms with E-state index < -0.39 is 0 Å². The third-order valence-electron chi connectivity index (χ3n) is 2.35. The van der Waals surface area contributed by atoms with Crippen LogP contribution in [0.5, 0.6) is 0 Å². The third kappa shape index (κ3) is 4.27. The van der Waals surface area contributed by atoms with Crippen LogP contribution < -0.4 is 10.6 Å². The minimum absolute atomic E-state index is 0. The lowest BCUT2D eigenvalue weighted by atomic mass is 10.2. The van der Waals surface area contributed by atoms with Gasteiger partial charge in [-0.1, -0.05) is 15.9 Å². The van der Waals surface area contributed by atoms with E-state index >= 15 is 0 Å². The molecule has 6 heteroatoms. The summed E-state index contributed by atoms with van der Waals surface area (Å²) in [7, 11) is 0. The number of carbonyl (C=O) groups excluding carboxylic acids is 1. The van der Waals surface area contributed by atoms with Crippen molar-refractivity contribution < 1.29 is 9.53 Å². The number of rotatable bonds is 2. The summed E-state index contributed by atoms with van der Waals surface area (Å²) in [5.74, 6) is -0.0537. The molecule has 1 fully saturated rings. The Morgan fingerprint density at radius 3 is 2.71 bits per heavy atom. The molecule has 1 unspecified atom stereocenters. The number of benzene rings is 1. The van der Waals surface area contributed by atoms with Gasteiger partial charge < -0.3 is 15.4 Å². The highest BCUT2D eigenvalue weighted by molar-refractivity contribution is 9.10. The van der Waals surface area contributed by atoms with Gasteiger partial charge in [-0.25, -0.2) is 0 Å². The molecule has 2 rings (SSSR count). The number of hydrogen-bond acceptors (Lipinski definition) is 3. The van der Waals surface area contributed by atoms with Crippen LogP contribution in [-0.4, -0.2) is 31.7 Å². The Kier molecular flexibility index (Phi) is 5.91. The van der Waals surface area contributed by atoms with Crippen molar-refractivity contribution in [1.82, 2.24) is 5.32 Å². The quantitative estimate of drug-likeness (QED) is 0.873. The van der Waals surface area contributed by atoms with Gasteiger partial charge in [0.2, 0.25) is 5.91 Å². The molecule has 1 atom stereocenters. The van der Waals surface area contributed by atoms with Gasteiger partial charge in [-0.2, -0.15) is 0 Å². The van der Waals surface area contributed by atoms with Crippen LogP contribution in [0.3, 0.4) is 0 Å². The van der Waals surface area contributed by atoms with Gasteiger partial charge in [0.25, 0.3) is 0 Å². The van der Waals surface area contributed by atoms with E-state index in [1.54, 1.807) is 0 Å². The van der Waals surface area contributed by atoms with Crippen LogP contribution >= 0.6 is 28.3 Å². The van der Waals surface area contributed by atoms with Gasteiger partial charge in [0.1, 0.15) is 6.04 Å². The van der Waals surface area contributed by atoms with Gasteiger partial charge >= 0.3 is 0 Å². The molecule has 1 aromatic carbocycles. The van der Waals surface area contributed by atoms with Crippen molar-refractivity contribution in [1.29, 1.82) is 0 Å². The number of morpholine rings is 1. The highest BCUT2D eigenvalue weighted by atomic mass is 79.9. The zero-order chi connectivity index (χ0) is 11.4. The number of anilines is 1. The lowest BCUT2D eigenvalue weighted by Gasteiger charge is -2.22. The van der Waals surface area contributed by atoms with E-state index in [1.165, 1.54) is 0 Å². The van der Waals surface area contributed by atoms with E-state index in [0.717, 1.165) is 16.7 Å². The van der Waals surface area contributed by atoms with Crippen molar-refractivity contribution in [2.45, 2.75) is 6.04 Å². The van der Waals surface area contributed by atoms with E-state index in [4.69, 9.17) is 4.74 Å². The average Bonchev–Trinajstić information content (AvgIpc) is 2.33. The Hall–Kier alpha value is -0.620. The number of ether oxygens (including phenoxy) is 1. The van der Waals surface area contributed by atoms with Crippen LogP contribution in [0.4, 0.5) is 5.69 Å². The molecule has 4 nitrogen and oxygen atoms in total. The minimum Gasteiger partial charge on any atom is -0.378 e. The van der Waals surface area contributed by atoms with E-state index in [-0.39, 0.29) is 24.4 Å². The van der Waals surface area contributed by atoms with Gasteiger partial charge in [-0.3, -0.25) is 4.79 Å². The molecule has 1 amide bonds. The average molecular weight is 322 g/mol. The second-order valence-electron chi connectivity index (χ2n) is 3.58. The van der Waals surface area contributed by atoms with E-state index in [0.29, 0.717) is 13.2 Å². The molecule has 1 aliphatic heterocycles. The fourth-order valence-corrected chi connectivity index (χ4v) is 1.76. The second-order valence-corrected chi connectivity index (χ2v) is 4.49. The molecule has 0 aliphatic carbocycles. The van der Waals surface area contributed by atoms with Crippen LogP contribution in [0.25, 0.3) is 0 Å². The molecule has 2 N–H and O–H groups in total. The molecular formula is C11H14BrClN2O2. The Labute approximate surface area is 115 Å². The first-order valence-electron chi connectivity index (χ1n) is 5.13. The molecule has 1 aromatic rings. The summed E-state index contributed by atoms with van der Waals surface area (Å²) in [6, 6.07) is 7.23. The predicted molar refractivity (Wildman–Crippen MR) is 72.6 cm³/mol. The Balaban J connectivity index is 0.00000144. The predicted octanol–water partition coefficient (Wildman–Crippen LogP) is 1.80. The normalized spacial score (nSPS) is 19.2. The van der Waals surface area contributed by atoms with Crippen LogP contribution in [0, 0.1) is 0 Å². The maximum absolute atomic E-state index is 11.8. The molecule has 94 valence electrons. The summed E-state index contributed by atoms with van der Waals surface area (Å²) in [6.45, 7) is 1.82. The smallest absolute Gasteiger partial charge is 0.243 e. The van der Waals surface area contributed by atoms with E-state index in [2.05, 4.69) is 26.6 Å². The summed E-state index contributed by atoms with van der Waals surface area (Å²) in [6.07, 6.45) is 0.